The highest BCUT2D eigenvalue weighted by Crippen LogP contribution is 2.39. The van der Waals surface area contributed by atoms with Crippen LogP contribution in [0, 0.1) is 12.8 Å². The summed E-state index contributed by atoms with van der Waals surface area (Å²) in [5.74, 6) is 1.78. The Bertz CT molecular complexity index is 673. The molecule has 1 unspecified atom stereocenters. The van der Waals surface area contributed by atoms with Crippen LogP contribution in [0.4, 0.5) is 0 Å². The van der Waals surface area contributed by atoms with E-state index in [9.17, 15) is 9.59 Å². The fourth-order valence-electron chi connectivity index (χ4n) is 4.53. The fraction of sp³-hybridized carbons (Fsp3) is 0.750. The maximum atomic E-state index is 12.5. The maximum absolute atomic E-state index is 12.5. The van der Waals surface area contributed by atoms with Crippen LogP contribution in [0.15, 0.2) is 6.20 Å². The van der Waals surface area contributed by atoms with Crippen LogP contribution >= 0.6 is 0 Å². The van der Waals surface area contributed by atoms with E-state index in [0.717, 1.165) is 30.9 Å². The Labute approximate surface area is 155 Å². The first kappa shape index (κ1) is 17.6. The van der Waals surface area contributed by atoms with Gasteiger partial charge in [0.25, 0.3) is 0 Å². The SMILES string of the molecule is Cc1cnc(C2CC2)n1CCNC(=O)C1CC(=O)N(C2CCCCC2)C1. The average molecular weight is 358 g/mol. The topological polar surface area (TPSA) is 67.2 Å². The molecule has 2 aliphatic carbocycles. The zero-order valence-corrected chi connectivity index (χ0v) is 15.7. The number of imidazole rings is 1. The smallest absolute Gasteiger partial charge is 0.225 e. The van der Waals surface area contributed by atoms with Crippen LogP contribution in [0.5, 0.6) is 0 Å². The number of likely N-dealkylation sites (tertiary alicyclic amines) is 1. The van der Waals surface area contributed by atoms with Gasteiger partial charge in [-0.15, -0.1) is 0 Å². The lowest BCUT2D eigenvalue weighted by atomic mass is 9.94. The molecule has 0 spiro atoms. The Hall–Kier alpha value is -1.85. The highest BCUT2D eigenvalue weighted by atomic mass is 16.2. The van der Waals surface area contributed by atoms with E-state index in [-0.39, 0.29) is 17.7 Å². The molecule has 1 aliphatic heterocycles. The van der Waals surface area contributed by atoms with Crippen molar-refractivity contribution in [1.29, 1.82) is 0 Å². The van der Waals surface area contributed by atoms with Crippen LogP contribution in [0.3, 0.4) is 0 Å². The summed E-state index contributed by atoms with van der Waals surface area (Å²) in [7, 11) is 0. The predicted molar refractivity (Wildman–Crippen MR) is 98.6 cm³/mol. The molecule has 1 saturated heterocycles. The van der Waals surface area contributed by atoms with Crippen LogP contribution in [-0.4, -0.2) is 45.4 Å². The molecule has 1 N–H and O–H groups in total. The molecule has 142 valence electrons. The Morgan fingerprint density at radius 3 is 2.73 bits per heavy atom. The Morgan fingerprint density at radius 1 is 1.23 bits per heavy atom. The van der Waals surface area contributed by atoms with Gasteiger partial charge < -0.3 is 14.8 Å². The number of rotatable bonds is 6. The molecule has 6 heteroatoms. The van der Waals surface area contributed by atoms with E-state index in [2.05, 4.69) is 21.8 Å². The molecule has 3 fully saturated rings. The highest BCUT2D eigenvalue weighted by Gasteiger charge is 2.38. The lowest BCUT2D eigenvalue weighted by molar-refractivity contribution is -0.130. The van der Waals surface area contributed by atoms with Gasteiger partial charge in [0.05, 0.1) is 5.92 Å². The van der Waals surface area contributed by atoms with Gasteiger partial charge in [-0.3, -0.25) is 9.59 Å². The van der Waals surface area contributed by atoms with E-state index in [1.807, 2.05) is 11.1 Å². The van der Waals surface area contributed by atoms with Gasteiger partial charge in [-0.25, -0.2) is 4.98 Å². The average Bonchev–Trinajstić information content (AvgIpc) is 3.32. The van der Waals surface area contributed by atoms with E-state index in [1.165, 1.54) is 32.1 Å². The van der Waals surface area contributed by atoms with E-state index < -0.39 is 0 Å². The minimum absolute atomic E-state index is 0.0300. The number of aromatic nitrogens is 2. The summed E-state index contributed by atoms with van der Waals surface area (Å²) in [4.78, 5) is 31.4. The molecule has 2 amide bonds. The van der Waals surface area contributed by atoms with E-state index in [0.29, 0.717) is 31.5 Å². The first-order chi connectivity index (χ1) is 12.6. The zero-order valence-electron chi connectivity index (χ0n) is 15.7. The Kier molecular flexibility index (Phi) is 5.00. The lowest BCUT2D eigenvalue weighted by Gasteiger charge is -2.31. The second-order valence-corrected chi connectivity index (χ2v) is 8.21. The lowest BCUT2D eigenvalue weighted by Crippen LogP contribution is -2.39. The quantitative estimate of drug-likeness (QED) is 0.849. The van der Waals surface area contributed by atoms with Gasteiger partial charge in [-0.1, -0.05) is 19.3 Å². The molecule has 1 aromatic rings. The van der Waals surface area contributed by atoms with Crippen molar-refractivity contribution in [2.45, 2.75) is 76.8 Å². The van der Waals surface area contributed by atoms with Crippen molar-refractivity contribution >= 4 is 11.8 Å². The monoisotopic (exact) mass is 358 g/mol. The summed E-state index contributed by atoms with van der Waals surface area (Å²) >= 11 is 0. The second-order valence-electron chi connectivity index (χ2n) is 8.21. The third-order valence-electron chi connectivity index (χ3n) is 6.21. The number of nitrogens with zero attached hydrogens (tertiary/aromatic N) is 3. The van der Waals surface area contributed by atoms with Crippen molar-refractivity contribution in [1.82, 2.24) is 19.8 Å². The van der Waals surface area contributed by atoms with Crippen molar-refractivity contribution in [2.24, 2.45) is 5.92 Å². The normalized spacial score (nSPS) is 24.3. The first-order valence-electron chi connectivity index (χ1n) is 10.2. The molecule has 0 bridgehead atoms. The van der Waals surface area contributed by atoms with Gasteiger partial charge in [0.1, 0.15) is 5.82 Å². The zero-order chi connectivity index (χ0) is 18.1. The Balaban J connectivity index is 1.27. The molecule has 0 aromatic carbocycles. The van der Waals surface area contributed by atoms with Gasteiger partial charge >= 0.3 is 0 Å². The number of aryl methyl sites for hydroxylation is 1. The van der Waals surface area contributed by atoms with Gasteiger partial charge in [0.2, 0.25) is 11.8 Å². The summed E-state index contributed by atoms with van der Waals surface area (Å²) in [5.41, 5.74) is 1.15. The molecule has 1 atom stereocenters. The number of nitrogens with one attached hydrogen (secondary N) is 1. The predicted octanol–water partition coefficient (Wildman–Crippen LogP) is 2.37. The third-order valence-corrected chi connectivity index (χ3v) is 6.21. The van der Waals surface area contributed by atoms with Gasteiger partial charge in [-0.05, 0) is 32.6 Å². The van der Waals surface area contributed by atoms with E-state index in [4.69, 9.17) is 0 Å². The molecule has 6 nitrogen and oxygen atoms in total. The first-order valence-corrected chi connectivity index (χ1v) is 10.2. The molecular weight excluding hydrogens is 328 g/mol. The molecule has 26 heavy (non-hydrogen) atoms. The van der Waals surface area contributed by atoms with Crippen LogP contribution in [0.2, 0.25) is 0 Å². The van der Waals surface area contributed by atoms with Crippen molar-refractivity contribution in [2.75, 3.05) is 13.1 Å². The van der Waals surface area contributed by atoms with E-state index in [1.54, 1.807) is 0 Å². The summed E-state index contributed by atoms with van der Waals surface area (Å²) in [6, 6.07) is 0.365. The van der Waals surface area contributed by atoms with Gasteiger partial charge in [0, 0.05) is 49.9 Å². The molecule has 2 heterocycles. The number of carbonyl (C=O) groups excluding carboxylic acids is 2. The minimum atomic E-state index is -0.184. The van der Waals surface area contributed by atoms with E-state index >= 15 is 0 Å². The van der Waals surface area contributed by atoms with Crippen molar-refractivity contribution in [3.05, 3.63) is 17.7 Å². The van der Waals surface area contributed by atoms with Crippen LogP contribution in [0.1, 0.15) is 68.8 Å². The van der Waals surface area contributed by atoms with Crippen molar-refractivity contribution in [3.8, 4) is 0 Å². The number of hydrogen-bond donors (Lipinski definition) is 1. The highest BCUT2D eigenvalue weighted by molar-refractivity contribution is 5.89. The minimum Gasteiger partial charge on any atom is -0.354 e. The summed E-state index contributed by atoms with van der Waals surface area (Å²) < 4.78 is 2.23. The summed E-state index contributed by atoms with van der Waals surface area (Å²) in [5, 5.41) is 3.05. The second kappa shape index (κ2) is 7.41. The number of carbonyl (C=O) groups is 2. The standard InChI is InChI=1S/C20H30N4O2/c1-14-12-22-19(15-7-8-15)23(14)10-9-21-20(26)16-11-18(25)24(13-16)17-5-3-2-4-6-17/h12,15-17H,2-11,13H2,1H3,(H,21,26). The van der Waals surface area contributed by atoms with Crippen LogP contribution in [0.25, 0.3) is 0 Å². The number of amides is 2. The maximum Gasteiger partial charge on any atom is 0.225 e. The van der Waals surface area contributed by atoms with Crippen LogP contribution in [-0.2, 0) is 16.1 Å². The molecular formula is C20H30N4O2. The molecule has 1 aromatic heterocycles. The molecule has 2 saturated carbocycles. The van der Waals surface area contributed by atoms with Crippen LogP contribution < -0.4 is 5.32 Å². The molecule has 4 rings (SSSR count). The van der Waals surface area contributed by atoms with Gasteiger partial charge in [-0.2, -0.15) is 0 Å². The third kappa shape index (κ3) is 3.64. The van der Waals surface area contributed by atoms with Crippen molar-refractivity contribution < 1.29 is 9.59 Å². The van der Waals surface area contributed by atoms with Gasteiger partial charge in [0.15, 0.2) is 0 Å². The van der Waals surface area contributed by atoms with Crippen molar-refractivity contribution in [3.63, 3.8) is 0 Å². The summed E-state index contributed by atoms with van der Waals surface area (Å²) in [6.45, 7) is 4.03. The largest absolute Gasteiger partial charge is 0.354 e. The molecule has 3 aliphatic rings. The fourth-order valence-corrected chi connectivity index (χ4v) is 4.53. The summed E-state index contributed by atoms with van der Waals surface area (Å²) in [6.07, 6.45) is 10.6. The Morgan fingerprint density at radius 2 is 2.00 bits per heavy atom. The number of hydrogen-bond acceptors (Lipinski definition) is 3. The molecule has 0 radical (unpaired) electrons.